The third kappa shape index (κ3) is 5.50. The minimum absolute atomic E-state index is 0.0851. The number of aliphatic carboxylic acids is 2. The molecule has 0 aromatic heterocycles. The molecule has 0 bridgehead atoms. The van der Waals surface area contributed by atoms with Crippen molar-refractivity contribution in [3.63, 3.8) is 0 Å². The van der Waals surface area contributed by atoms with Gasteiger partial charge >= 0.3 is 11.9 Å². The van der Waals surface area contributed by atoms with Gasteiger partial charge in [0.05, 0.1) is 0 Å². The van der Waals surface area contributed by atoms with Crippen LogP contribution in [0.2, 0.25) is 0 Å². The molecule has 0 aromatic carbocycles. The Morgan fingerprint density at radius 1 is 1.29 bits per heavy atom. The lowest BCUT2D eigenvalue weighted by Gasteiger charge is -2.15. The molecule has 0 amide bonds. The molecule has 0 aliphatic carbocycles. The van der Waals surface area contributed by atoms with Crippen molar-refractivity contribution in [1.82, 2.24) is 0 Å². The van der Waals surface area contributed by atoms with E-state index in [0.29, 0.717) is 13.0 Å². The molecule has 0 heterocycles. The lowest BCUT2D eigenvalue weighted by molar-refractivity contribution is -0.141. The normalized spacial score (nSPS) is 14.7. The van der Waals surface area contributed by atoms with Crippen molar-refractivity contribution in [2.24, 2.45) is 17.4 Å². The van der Waals surface area contributed by atoms with E-state index in [-0.39, 0.29) is 18.8 Å². The van der Waals surface area contributed by atoms with Crippen molar-refractivity contribution >= 4 is 11.9 Å². The second-order valence-electron chi connectivity index (χ2n) is 3.22. The number of hydrogen-bond donors (Lipinski definition) is 4. The highest BCUT2D eigenvalue weighted by molar-refractivity contribution is 5.73. The molecule has 0 radical (unpaired) electrons. The fourth-order valence-corrected chi connectivity index (χ4v) is 1.25. The van der Waals surface area contributed by atoms with Crippen LogP contribution >= 0.6 is 0 Å². The van der Waals surface area contributed by atoms with Crippen molar-refractivity contribution in [2.75, 3.05) is 6.54 Å². The van der Waals surface area contributed by atoms with Crippen LogP contribution in [-0.4, -0.2) is 34.7 Å². The molecule has 6 heteroatoms. The Balaban J connectivity index is 4.07. The molecule has 0 aliphatic heterocycles. The van der Waals surface area contributed by atoms with Gasteiger partial charge in [0.25, 0.3) is 0 Å². The molecule has 14 heavy (non-hydrogen) atoms. The second-order valence-corrected chi connectivity index (χ2v) is 3.22. The highest BCUT2D eigenvalue weighted by atomic mass is 16.4. The average Bonchev–Trinajstić information content (AvgIpc) is 2.02. The van der Waals surface area contributed by atoms with Crippen LogP contribution in [0.25, 0.3) is 0 Å². The maximum atomic E-state index is 10.4. The first-order chi connectivity index (χ1) is 6.47. The highest BCUT2D eigenvalue weighted by Gasteiger charge is 2.20. The van der Waals surface area contributed by atoms with Crippen molar-refractivity contribution in [1.29, 1.82) is 0 Å². The van der Waals surface area contributed by atoms with Crippen molar-refractivity contribution < 1.29 is 19.8 Å². The van der Waals surface area contributed by atoms with Crippen molar-refractivity contribution in [3.8, 4) is 0 Å². The van der Waals surface area contributed by atoms with E-state index in [0.717, 1.165) is 0 Å². The fourth-order valence-electron chi connectivity index (χ4n) is 1.25. The van der Waals surface area contributed by atoms with E-state index in [9.17, 15) is 9.59 Å². The van der Waals surface area contributed by atoms with Crippen LogP contribution in [-0.2, 0) is 9.59 Å². The first-order valence-corrected chi connectivity index (χ1v) is 4.37. The second kappa shape index (κ2) is 6.33. The van der Waals surface area contributed by atoms with E-state index in [4.69, 9.17) is 21.7 Å². The lowest BCUT2D eigenvalue weighted by atomic mass is 9.94. The van der Waals surface area contributed by atoms with Gasteiger partial charge in [0.15, 0.2) is 0 Å². The van der Waals surface area contributed by atoms with Crippen LogP contribution in [0.1, 0.15) is 19.3 Å². The van der Waals surface area contributed by atoms with Gasteiger partial charge in [-0.15, -0.1) is 0 Å². The Morgan fingerprint density at radius 2 is 1.86 bits per heavy atom. The van der Waals surface area contributed by atoms with Crippen LogP contribution in [0.3, 0.4) is 0 Å². The average molecular weight is 204 g/mol. The molecule has 0 fully saturated rings. The maximum absolute atomic E-state index is 10.4. The Morgan fingerprint density at radius 3 is 2.21 bits per heavy atom. The molecular weight excluding hydrogens is 188 g/mol. The molecule has 0 aliphatic rings. The van der Waals surface area contributed by atoms with Crippen LogP contribution in [0, 0.1) is 5.92 Å². The van der Waals surface area contributed by atoms with E-state index >= 15 is 0 Å². The van der Waals surface area contributed by atoms with E-state index in [2.05, 4.69) is 0 Å². The summed E-state index contributed by atoms with van der Waals surface area (Å²) >= 11 is 0. The summed E-state index contributed by atoms with van der Waals surface area (Å²) < 4.78 is 0. The third-order valence-electron chi connectivity index (χ3n) is 1.94. The summed E-state index contributed by atoms with van der Waals surface area (Å²) in [6.45, 7) is 0.338. The fraction of sp³-hybridized carbons (Fsp3) is 0.750. The molecule has 0 spiro atoms. The molecule has 6 nitrogen and oxygen atoms in total. The van der Waals surface area contributed by atoms with Gasteiger partial charge in [-0.3, -0.25) is 9.59 Å². The summed E-state index contributed by atoms with van der Waals surface area (Å²) in [5.74, 6) is -2.33. The summed E-state index contributed by atoms with van der Waals surface area (Å²) in [5.41, 5.74) is 10.6. The minimum Gasteiger partial charge on any atom is -0.481 e. The van der Waals surface area contributed by atoms with Gasteiger partial charge in [-0.25, -0.2) is 0 Å². The number of carbonyl (C=O) groups is 2. The molecule has 82 valence electrons. The zero-order valence-corrected chi connectivity index (χ0v) is 7.85. The van der Waals surface area contributed by atoms with Crippen LogP contribution in [0.4, 0.5) is 0 Å². The number of hydrogen-bond acceptors (Lipinski definition) is 4. The highest BCUT2D eigenvalue weighted by Crippen LogP contribution is 2.14. The summed E-state index contributed by atoms with van der Waals surface area (Å²) in [5, 5.41) is 17.1. The van der Waals surface area contributed by atoms with Crippen molar-refractivity contribution in [2.45, 2.75) is 25.3 Å². The lowest BCUT2D eigenvalue weighted by Crippen LogP contribution is -2.33. The third-order valence-corrected chi connectivity index (χ3v) is 1.94. The Bertz CT molecular complexity index is 208. The van der Waals surface area contributed by atoms with Gasteiger partial charge in [0.1, 0.15) is 6.04 Å². The van der Waals surface area contributed by atoms with Gasteiger partial charge in [-0.1, -0.05) is 0 Å². The summed E-state index contributed by atoms with van der Waals surface area (Å²) in [6, 6.07) is -1.01. The number of rotatable bonds is 7. The molecular formula is C8H16N2O4. The monoisotopic (exact) mass is 204 g/mol. The van der Waals surface area contributed by atoms with E-state index in [1.807, 2.05) is 0 Å². The smallest absolute Gasteiger partial charge is 0.320 e. The standard InChI is InChI=1S/C8H16N2O4/c9-2-1-5(4-7(11)12)3-6(10)8(13)14/h5-6H,1-4,9-10H2,(H,11,12)(H,13,14). The molecule has 0 saturated heterocycles. The zero-order chi connectivity index (χ0) is 11.1. The molecule has 2 atom stereocenters. The van der Waals surface area contributed by atoms with Gasteiger partial charge in [-0.05, 0) is 25.3 Å². The van der Waals surface area contributed by atoms with Gasteiger partial charge < -0.3 is 21.7 Å². The largest absolute Gasteiger partial charge is 0.481 e. The molecule has 0 saturated carbocycles. The van der Waals surface area contributed by atoms with Crippen LogP contribution in [0.5, 0.6) is 0 Å². The van der Waals surface area contributed by atoms with Gasteiger partial charge in [0, 0.05) is 6.42 Å². The van der Waals surface area contributed by atoms with Crippen molar-refractivity contribution in [3.05, 3.63) is 0 Å². The van der Waals surface area contributed by atoms with E-state index in [1.165, 1.54) is 0 Å². The van der Waals surface area contributed by atoms with Gasteiger partial charge in [-0.2, -0.15) is 0 Å². The summed E-state index contributed by atoms with van der Waals surface area (Å²) in [7, 11) is 0. The topological polar surface area (TPSA) is 127 Å². The molecule has 0 aromatic rings. The number of carboxylic acid groups (broad SMARTS) is 2. The minimum atomic E-state index is -1.11. The maximum Gasteiger partial charge on any atom is 0.320 e. The Hall–Kier alpha value is -1.14. The predicted molar refractivity (Wildman–Crippen MR) is 49.6 cm³/mol. The first kappa shape index (κ1) is 12.9. The summed E-state index contributed by atoms with van der Waals surface area (Å²) in [4.78, 5) is 20.8. The van der Waals surface area contributed by atoms with Crippen LogP contribution < -0.4 is 11.5 Å². The number of nitrogens with two attached hydrogens (primary N) is 2. The van der Waals surface area contributed by atoms with Crippen LogP contribution in [0.15, 0.2) is 0 Å². The predicted octanol–water partition coefficient (Wildman–Crippen LogP) is -0.772. The molecule has 0 rings (SSSR count). The van der Waals surface area contributed by atoms with Gasteiger partial charge in [0.2, 0.25) is 0 Å². The molecule has 6 N–H and O–H groups in total. The van der Waals surface area contributed by atoms with E-state index in [1.54, 1.807) is 0 Å². The molecule has 2 unspecified atom stereocenters. The summed E-state index contributed by atoms with van der Waals surface area (Å²) in [6.07, 6.45) is 0.546. The van der Waals surface area contributed by atoms with E-state index < -0.39 is 18.0 Å². The number of carboxylic acids is 2. The Kier molecular flexibility index (Phi) is 5.82. The first-order valence-electron chi connectivity index (χ1n) is 4.37. The Labute approximate surface area is 81.9 Å². The quantitative estimate of drug-likeness (QED) is 0.431. The zero-order valence-electron chi connectivity index (χ0n) is 7.85. The SMILES string of the molecule is NCCC(CC(=O)O)CC(N)C(=O)O.